The number of nitrogens with zero attached hydrogens (tertiary/aromatic N) is 4. The highest BCUT2D eigenvalue weighted by Gasteiger charge is 2.24. The number of aliphatic hydroxyl groups is 1. The summed E-state index contributed by atoms with van der Waals surface area (Å²) < 4.78 is 25.7. The lowest BCUT2D eigenvalue weighted by Crippen LogP contribution is -2.36. The third-order valence-corrected chi connectivity index (χ3v) is 11.2. The van der Waals surface area contributed by atoms with Crippen LogP contribution in [-0.4, -0.2) is 73.6 Å². The van der Waals surface area contributed by atoms with Crippen molar-refractivity contribution in [3.63, 3.8) is 0 Å². The smallest absolute Gasteiger partial charge is 0.269 e. The van der Waals surface area contributed by atoms with Gasteiger partial charge in [-0.15, -0.1) is 11.3 Å². The molecule has 2 amide bonds. The number of aromatic nitrogens is 4. The lowest BCUT2D eigenvalue weighted by atomic mass is 9.93. The molecule has 0 spiro atoms. The molecule has 3 atom stereocenters. The Morgan fingerprint density at radius 3 is 1.84 bits per heavy atom. The number of carbonyl (C=O) groups excluding carboxylic acids is 2. The number of nitrogens with one attached hydrogen (secondary N) is 3. The average molecular weight is 746 g/mol. The van der Waals surface area contributed by atoms with Crippen molar-refractivity contribution < 1.29 is 28.4 Å². The number of hydrogen-bond acceptors (Lipinski definition) is 13. The quantitative estimate of drug-likeness (QED) is 0.134. The van der Waals surface area contributed by atoms with Crippen molar-refractivity contribution in [2.24, 2.45) is 0 Å². The molecule has 1 fully saturated rings. The normalized spacial score (nSPS) is 16.1. The summed E-state index contributed by atoms with van der Waals surface area (Å²) in [4.78, 5) is 40.3. The van der Waals surface area contributed by atoms with Gasteiger partial charge in [0.2, 0.25) is 0 Å². The second-order valence-corrected chi connectivity index (χ2v) is 15.0. The molecule has 7 rings (SSSR count). The Bertz CT molecular complexity index is 2210. The summed E-state index contributed by atoms with van der Waals surface area (Å²) in [7, 11) is 2.00. The zero-order chi connectivity index (χ0) is 35.9. The fourth-order valence-electron chi connectivity index (χ4n) is 5.27. The van der Waals surface area contributed by atoms with E-state index in [1.54, 1.807) is 68.2 Å². The third-order valence-electron chi connectivity index (χ3n) is 7.84. The number of fused-ring (bicyclic) bond motifs is 2. The third kappa shape index (κ3) is 9.02. The second-order valence-electron chi connectivity index (χ2n) is 11.4. The Hall–Kier alpha value is -5.03. The predicted molar refractivity (Wildman–Crippen MR) is 199 cm³/mol. The van der Waals surface area contributed by atoms with E-state index in [1.165, 1.54) is 17.5 Å². The number of rotatable bonds is 9. The maximum absolute atomic E-state index is 11.7. The van der Waals surface area contributed by atoms with Crippen molar-refractivity contribution in [3.05, 3.63) is 84.4 Å². The maximum atomic E-state index is 11.7. The van der Waals surface area contributed by atoms with Gasteiger partial charge >= 0.3 is 0 Å². The van der Waals surface area contributed by atoms with Gasteiger partial charge in [0.1, 0.15) is 34.4 Å². The van der Waals surface area contributed by atoms with Gasteiger partial charge in [0, 0.05) is 57.0 Å². The van der Waals surface area contributed by atoms with Crippen molar-refractivity contribution >= 4 is 70.9 Å². The van der Waals surface area contributed by atoms with Gasteiger partial charge in [0.05, 0.1) is 43.4 Å². The monoisotopic (exact) mass is 745 g/mol. The van der Waals surface area contributed by atoms with Crippen LogP contribution in [-0.2, 0) is 10.8 Å². The molecule has 4 N–H and O–H groups in total. The molecular formula is C35H35N7O6S3. The highest BCUT2D eigenvalue weighted by Crippen LogP contribution is 2.33. The zero-order valence-corrected chi connectivity index (χ0v) is 30.4. The summed E-state index contributed by atoms with van der Waals surface area (Å²) in [5.74, 6) is 1.72. The van der Waals surface area contributed by atoms with Gasteiger partial charge < -0.3 is 30.5 Å². The molecule has 1 saturated carbocycles. The van der Waals surface area contributed by atoms with Crippen LogP contribution in [0.5, 0.6) is 23.0 Å². The summed E-state index contributed by atoms with van der Waals surface area (Å²) in [6.45, 7) is 0. The van der Waals surface area contributed by atoms with E-state index >= 15 is 0 Å². The molecule has 0 bridgehead atoms. The Balaban J connectivity index is 0.000000179. The molecule has 4 aromatic heterocycles. The molecule has 2 aromatic carbocycles. The SMILES string of the molecule is CNC(=O)c1cc(Oc2ccc3sc(N[C@@H]4CCCC[C@H]4O)nc3c2)ccn1.CNC(=O)c1cc(Oc2ccc3sc(S(C)=O)nc3c2)ccn1. The Morgan fingerprint density at radius 2 is 1.29 bits per heavy atom. The van der Waals surface area contributed by atoms with Crippen LogP contribution in [0.4, 0.5) is 5.13 Å². The van der Waals surface area contributed by atoms with Crippen LogP contribution in [0.2, 0.25) is 0 Å². The Kier molecular flexibility index (Phi) is 11.5. The molecule has 264 valence electrons. The van der Waals surface area contributed by atoms with Crippen molar-refractivity contribution in [1.29, 1.82) is 0 Å². The van der Waals surface area contributed by atoms with E-state index in [0.29, 0.717) is 33.0 Å². The van der Waals surface area contributed by atoms with Crippen LogP contribution in [0.1, 0.15) is 46.7 Å². The molecule has 1 aliphatic carbocycles. The van der Waals surface area contributed by atoms with E-state index in [9.17, 15) is 18.9 Å². The number of hydrogen-bond donors (Lipinski definition) is 4. The first kappa shape index (κ1) is 35.8. The Morgan fingerprint density at radius 1 is 0.765 bits per heavy atom. The number of amides is 2. The minimum Gasteiger partial charge on any atom is -0.457 e. The predicted octanol–water partition coefficient (Wildman–Crippen LogP) is 6.14. The van der Waals surface area contributed by atoms with Crippen molar-refractivity contribution in [1.82, 2.24) is 30.6 Å². The van der Waals surface area contributed by atoms with Gasteiger partial charge in [0.15, 0.2) is 9.47 Å². The lowest BCUT2D eigenvalue weighted by molar-refractivity contribution is 0.0950. The molecule has 13 nitrogen and oxygen atoms in total. The maximum Gasteiger partial charge on any atom is 0.269 e. The number of carbonyl (C=O) groups is 2. The molecule has 51 heavy (non-hydrogen) atoms. The highest BCUT2D eigenvalue weighted by atomic mass is 32.2. The minimum absolute atomic E-state index is 0.0602. The first-order valence-corrected chi connectivity index (χ1v) is 19.2. The van der Waals surface area contributed by atoms with Crippen molar-refractivity contribution in [2.75, 3.05) is 25.7 Å². The topological polar surface area (TPSA) is 178 Å². The fraction of sp³-hybridized carbons (Fsp3) is 0.257. The number of benzene rings is 2. The largest absolute Gasteiger partial charge is 0.457 e. The van der Waals surface area contributed by atoms with Crippen molar-refractivity contribution in [3.8, 4) is 23.0 Å². The van der Waals surface area contributed by atoms with E-state index in [-0.39, 0.29) is 29.7 Å². The standard InChI is InChI=1S/C20H22N4O3S.C15H13N3O3S2/c1-21-19(26)16-11-13(8-9-22-16)27-12-6-7-18-15(10-12)24-20(28-18)23-14-4-2-3-5-17(14)25;1-16-14(19)12-8-10(5-6-17-12)21-9-3-4-13-11(7-9)18-15(22-13)23(2)20/h6-11,14,17,25H,2-5H2,1H3,(H,21,26)(H,23,24);3-8H,1-2H3,(H,16,19)/t14-,17-;/m1./s1. The van der Waals surface area contributed by atoms with E-state index < -0.39 is 10.8 Å². The molecule has 16 heteroatoms. The van der Waals surface area contributed by atoms with Crippen LogP contribution < -0.4 is 25.4 Å². The molecule has 6 aromatic rings. The summed E-state index contributed by atoms with van der Waals surface area (Å²) in [5, 5.41) is 19.4. The van der Waals surface area contributed by atoms with Crippen LogP contribution in [0.3, 0.4) is 0 Å². The minimum atomic E-state index is -1.10. The van der Waals surface area contributed by atoms with Gasteiger partial charge in [-0.3, -0.25) is 23.8 Å². The van der Waals surface area contributed by atoms with Gasteiger partial charge in [-0.1, -0.05) is 24.2 Å². The van der Waals surface area contributed by atoms with E-state index in [2.05, 4.69) is 35.9 Å². The summed E-state index contributed by atoms with van der Waals surface area (Å²) in [6.07, 6.45) is 8.34. The molecule has 4 heterocycles. The second kappa shape index (κ2) is 16.3. The van der Waals surface area contributed by atoms with Crippen LogP contribution in [0.25, 0.3) is 20.4 Å². The van der Waals surface area contributed by atoms with Gasteiger partial charge in [0.25, 0.3) is 11.8 Å². The zero-order valence-electron chi connectivity index (χ0n) is 27.9. The van der Waals surface area contributed by atoms with Crippen LogP contribution >= 0.6 is 22.7 Å². The summed E-state index contributed by atoms with van der Waals surface area (Å²) in [6, 6.07) is 17.8. The number of pyridine rings is 2. The first-order valence-electron chi connectivity index (χ1n) is 16.0. The fourth-order valence-corrected chi connectivity index (χ4v) is 7.82. The molecule has 0 aliphatic heterocycles. The molecule has 1 unspecified atom stereocenters. The Labute approximate surface area is 304 Å². The molecular weight excluding hydrogens is 711 g/mol. The summed E-state index contributed by atoms with van der Waals surface area (Å²) >= 11 is 2.97. The molecule has 0 radical (unpaired) electrons. The van der Waals surface area contributed by atoms with Gasteiger partial charge in [-0.05, 0) is 49.2 Å². The highest BCUT2D eigenvalue weighted by molar-refractivity contribution is 7.86. The number of thiazole rings is 2. The van der Waals surface area contributed by atoms with E-state index in [4.69, 9.17) is 9.47 Å². The summed E-state index contributed by atoms with van der Waals surface area (Å²) in [5.41, 5.74) is 2.14. The average Bonchev–Trinajstić information content (AvgIpc) is 3.76. The molecule has 0 saturated heterocycles. The molecule has 1 aliphatic rings. The number of ether oxygens (including phenoxy) is 2. The van der Waals surface area contributed by atoms with E-state index in [1.807, 2.05) is 30.3 Å². The van der Waals surface area contributed by atoms with Crippen LogP contribution in [0, 0.1) is 0 Å². The lowest BCUT2D eigenvalue weighted by Gasteiger charge is -2.27. The number of anilines is 1. The van der Waals surface area contributed by atoms with Crippen molar-refractivity contribution in [2.45, 2.75) is 42.2 Å². The van der Waals surface area contributed by atoms with Gasteiger partial charge in [-0.25, -0.2) is 9.97 Å². The van der Waals surface area contributed by atoms with Gasteiger partial charge in [-0.2, -0.15) is 0 Å². The van der Waals surface area contributed by atoms with Crippen LogP contribution in [0.15, 0.2) is 77.4 Å². The number of aliphatic hydroxyl groups excluding tert-OH is 1. The van der Waals surface area contributed by atoms with E-state index in [0.717, 1.165) is 51.2 Å². The first-order chi connectivity index (χ1) is 24.7.